The van der Waals surface area contributed by atoms with E-state index in [0.29, 0.717) is 6.42 Å². The van der Waals surface area contributed by atoms with Crippen molar-refractivity contribution in [3.63, 3.8) is 0 Å². The number of carbonyl (C=O) groups is 2. The van der Waals surface area contributed by atoms with Crippen LogP contribution in [0.25, 0.3) is 0 Å². The Morgan fingerprint density at radius 3 is 2.64 bits per heavy atom. The van der Waals surface area contributed by atoms with Gasteiger partial charge in [0.15, 0.2) is 12.4 Å². The number of nitro groups is 1. The monoisotopic (exact) mass is 404 g/mol. The fraction of sp³-hybridized carbons (Fsp3) is 0.263. The van der Waals surface area contributed by atoms with E-state index >= 15 is 0 Å². The Morgan fingerprint density at radius 2 is 1.96 bits per heavy atom. The third-order valence-corrected chi connectivity index (χ3v) is 4.75. The molecule has 0 aliphatic carbocycles. The Bertz CT molecular complexity index is 932. The molecule has 0 fully saturated rings. The minimum atomic E-state index is -0.781. The highest BCUT2D eigenvalue weighted by atomic mass is 35.5. The molecule has 0 aromatic heterocycles. The number of rotatable bonds is 5. The lowest BCUT2D eigenvalue weighted by Gasteiger charge is -2.35. The van der Waals surface area contributed by atoms with Gasteiger partial charge < -0.3 is 14.4 Å². The number of nitrogens with zero attached hydrogens (tertiary/aromatic N) is 2. The smallest absolute Gasteiger partial charge is 0.328 e. The Hall–Kier alpha value is -3.13. The number of amides is 1. The maximum absolute atomic E-state index is 12.8. The van der Waals surface area contributed by atoms with Crippen molar-refractivity contribution in [3.05, 3.63) is 68.7 Å². The second-order valence-electron chi connectivity index (χ2n) is 6.19. The van der Waals surface area contributed by atoms with Crippen molar-refractivity contribution in [1.82, 2.24) is 4.90 Å². The first-order valence-electron chi connectivity index (χ1n) is 8.41. The third-order valence-electron chi connectivity index (χ3n) is 4.51. The zero-order valence-corrected chi connectivity index (χ0v) is 15.7. The zero-order chi connectivity index (χ0) is 20.3. The average Bonchev–Trinajstić information content (AvgIpc) is 2.70. The van der Waals surface area contributed by atoms with Crippen molar-refractivity contribution >= 4 is 29.2 Å². The van der Waals surface area contributed by atoms with Gasteiger partial charge in [-0.25, -0.2) is 4.79 Å². The topological polar surface area (TPSA) is 99.0 Å². The number of nitro benzene ring substituents is 1. The van der Waals surface area contributed by atoms with Crippen LogP contribution in [0.5, 0.6) is 5.75 Å². The van der Waals surface area contributed by atoms with Gasteiger partial charge in [0.25, 0.3) is 5.91 Å². The van der Waals surface area contributed by atoms with Gasteiger partial charge in [0.2, 0.25) is 0 Å². The average molecular weight is 405 g/mol. The highest BCUT2D eigenvalue weighted by Gasteiger charge is 2.35. The zero-order valence-electron chi connectivity index (χ0n) is 15.0. The van der Waals surface area contributed by atoms with Crippen LogP contribution in [0.2, 0.25) is 5.02 Å². The van der Waals surface area contributed by atoms with E-state index in [1.165, 1.54) is 24.1 Å². The van der Waals surface area contributed by atoms with Crippen molar-refractivity contribution < 1.29 is 24.0 Å². The molecule has 8 nitrogen and oxygen atoms in total. The summed E-state index contributed by atoms with van der Waals surface area (Å²) in [6.07, 6.45) is 0.329. The van der Waals surface area contributed by atoms with Gasteiger partial charge in [-0.05, 0) is 23.3 Å². The van der Waals surface area contributed by atoms with E-state index in [1.54, 1.807) is 0 Å². The molecule has 0 saturated heterocycles. The van der Waals surface area contributed by atoms with E-state index in [1.807, 2.05) is 24.3 Å². The molecule has 0 radical (unpaired) electrons. The summed E-state index contributed by atoms with van der Waals surface area (Å²) < 4.78 is 10.2. The van der Waals surface area contributed by atoms with Crippen LogP contribution in [0.4, 0.5) is 5.69 Å². The number of halogens is 1. The normalized spacial score (nSPS) is 15.5. The number of ether oxygens (including phenoxy) is 2. The number of esters is 1. The number of fused-ring (bicyclic) bond motifs is 1. The predicted octanol–water partition coefficient (Wildman–Crippen LogP) is 2.75. The molecular formula is C19H17ClN2O6. The molecule has 28 heavy (non-hydrogen) atoms. The van der Waals surface area contributed by atoms with Crippen LogP contribution in [-0.2, 0) is 27.3 Å². The van der Waals surface area contributed by atoms with E-state index in [4.69, 9.17) is 21.1 Å². The summed E-state index contributed by atoms with van der Waals surface area (Å²) in [7, 11) is 1.26. The maximum atomic E-state index is 12.8. The Labute approximate surface area is 165 Å². The number of carbonyl (C=O) groups excluding carboxylic acids is 2. The maximum Gasteiger partial charge on any atom is 0.328 e. The van der Waals surface area contributed by atoms with E-state index in [9.17, 15) is 19.7 Å². The van der Waals surface area contributed by atoms with Gasteiger partial charge in [0.05, 0.1) is 12.0 Å². The van der Waals surface area contributed by atoms with E-state index in [-0.39, 0.29) is 23.0 Å². The van der Waals surface area contributed by atoms with Gasteiger partial charge in [-0.2, -0.15) is 0 Å². The van der Waals surface area contributed by atoms with Gasteiger partial charge in [0.1, 0.15) is 6.04 Å². The van der Waals surface area contributed by atoms with Gasteiger partial charge in [-0.15, -0.1) is 0 Å². The fourth-order valence-electron chi connectivity index (χ4n) is 3.11. The Morgan fingerprint density at radius 1 is 1.25 bits per heavy atom. The third kappa shape index (κ3) is 4.07. The van der Waals surface area contributed by atoms with Crippen LogP contribution >= 0.6 is 11.6 Å². The summed E-state index contributed by atoms with van der Waals surface area (Å²) in [6, 6.07) is 10.6. The predicted molar refractivity (Wildman–Crippen MR) is 100 cm³/mol. The van der Waals surface area contributed by atoms with Crippen molar-refractivity contribution in [2.45, 2.75) is 19.0 Å². The molecule has 146 valence electrons. The van der Waals surface area contributed by atoms with Crippen LogP contribution < -0.4 is 4.74 Å². The summed E-state index contributed by atoms with van der Waals surface area (Å²) >= 11 is 5.78. The van der Waals surface area contributed by atoms with Crippen LogP contribution in [-0.4, -0.2) is 41.5 Å². The first kappa shape index (κ1) is 19.6. The second kappa shape index (κ2) is 8.26. The van der Waals surface area contributed by atoms with Crippen LogP contribution in [0.1, 0.15) is 11.1 Å². The lowest BCUT2D eigenvalue weighted by Crippen LogP contribution is -2.50. The summed E-state index contributed by atoms with van der Waals surface area (Å²) in [6.45, 7) is -0.237. The summed E-state index contributed by atoms with van der Waals surface area (Å²) in [4.78, 5) is 36.8. The Balaban J connectivity index is 1.79. The lowest BCUT2D eigenvalue weighted by atomic mass is 9.94. The van der Waals surface area contributed by atoms with Gasteiger partial charge in [0, 0.05) is 24.1 Å². The molecule has 1 atom stereocenters. The molecule has 2 aromatic carbocycles. The minimum absolute atomic E-state index is 0.0743. The molecule has 1 amide bonds. The number of methoxy groups -OCH3 is 1. The molecule has 3 rings (SSSR count). The lowest BCUT2D eigenvalue weighted by molar-refractivity contribution is -0.385. The molecular weight excluding hydrogens is 388 g/mol. The molecule has 0 bridgehead atoms. The SMILES string of the molecule is COC(=O)[C@@H]1Cc2ccccc2CN1C(=O)COc1ccc(Cl)cc1[N+](=O)[O-]. The second-order valence-corrected chi connectivity index (χ2v) is 6.63. The largest absolute Gasteiger partial charge is 0.477 e. The molecule has 1 heterocycles. The molecule has 2 aromatic rings. The van der Waals surface area contributed by atoms with Crippen LogP contribution in [0, 0.1) is 10.1 Å². The van der Waals surface area contributed by atoms with Gasteiger partial charge in [-0.3, -0.25) is 14.9 Å². The highest BCUT2D eigenvalue weighted by molar-refractivity contribution is 6.30. The van der Waals surface area contributed by atoms with Crippen molar-refractivity contribution in [2.75, 3.05) is 13.7 Å². The molecule has 0 unspecified atom stereocenters. The summed E-state index contributed by atoms with van der Waals surface area (Å²) in [5, 5.41) is 11.3. The van der Waals surface area contributed by atoms with Crippen LogP contribution in [0.3, 0.4) is 0 Å². The number of hydrogen-bond donors (Lipinski definition) is 0. The summed E-state index contributed by atoms with van der Waals surface area (Å²) in [5.74, 6) is -1.08. The minimum Gasteiger partial charge on any atom is -0.477 e. The standard InChI is InChI=1S/C19H17ClN2O6/c1-27-19(24)16-8-12-4-2-3-5-13(12)10-21(16)18(23)11-28-17-7-6-14(20)9-15(17)22(25)26/h2-7,9,16H,8,10-11H2,1H3/t16-/m0/s1. The summed E-state index contributed by atoms with van der Waals surface area (Å²) in [5.41, 5.74) is 1.55. The quantitative estimate of drug-likeness (QED) is 0.431. The first-order valence-corrected chi connectivity index (χ1v) is 8.79. The fourth-order valence-corrected chi connectivity index (χ4v) is 3.28. The van der Waals surface area contributed by atoms with E-state index in [0.717, 1.165) is 17.2 Å². The van der Waals surface area contributed by atoms with E-state index in [2.05, 4.69) is 0 Å². The molecule has 0 N–H and O–H groups in total. The molecule has 1 aliphatic heterocycles. The van der Waals surface area contributed by atoms with Gasteiger partial charge >= 0.3 is 11.7 Å². The molecule has 0 saturated carbocycles. The van der Waals surface area contributed by atoms with Crippen molar-refractivity contribution in [3.8, 4) is 5.75 Å². The molecule has 9 heteroatoms. The highest BCUT2D eigenvalue weighted by Crippen LogP contribution is 2.30. The van der Waals surface area contributed by atoms with Crippen molar-refractivity contribution in [1.29, 1.82) is 0 Å². The first-order chi connectivity index (χ1) is 13.4. The molecule has 0 spiro atoms. The van der Waals surface area contributed by atoms with E-state index < -0.39 is 29.4 Å². The van der Waals surface area contributed by atoms with Crippen molar-refractivity contribution in [2.24, 2.45) is 0 Å². The number of hydrogen-bond acceptors (Lipinski definition) is 6. The Kier molecular flexibility index (Phi) is 5.79. The van der Waals surface area contributed by atoms with Gasteiger partial charge in [-0.1, -0.05) is 35.9 Å². The molecule has 1 aliphatic rings. The van der Waals surface area contributed by atoms with Crippen LogP contribution in [0.15, 0.2) is 42.5 Å². The number of benzene rings is 2.